The van der Waals surface area contributed by atoms with Crippen molar-refractivity contribution in [3.05, 3.63) is 34.2 Å². The minimum absolute atomic E-state index is 0.00176. The van der Waals surface area contributed by atoms with Gasteiger partial charge in [-0.3, -0.25) is 9.59 Å². The standard InChI is InChI=1S/C14H15N3O4S/c1-9-5-12(16-21-9)15-14(19)11-7-20-8-13(18)17(11)6-10-3-2-4-22-10/h2-5,11H,6-8H2,1H3,(H,15,16,19)/t11-/m0/s1. The van der Waals surface area contributed by atoms with Crippen molar-refractivity contribution in [3.8, 4) is 0 Å². The highest BCUT2D eigenvalue weighted by Gasteiger charge is 2.34. The normalized spacial score (nSPS) is 18.5. The first-order chi connectivity index (χ1) is 10.6. The number of carbonyl (C=O) groups excluding carboxylic acids is 2. The molecule has 0 aliphatic carbocycles. The van der Waals surface area contributed by atoms with Gasteiger partial charge in [0.25, 0.3) is 5.91 Å². The van der Waals surface area contributed by atoms with Crippen LogP contribution in [0.1, 0.15) is 10.6 Å². The molecule has 8 heteroatoms. The number of hydrogen-bond acceptors (Lipinski definition) is 6. The summed E-state index contributed by atoms with van der Waals surface area (Å²) in [5.74, 6) is 0.396. The molecule has 7 nitrogen and oxygen atoms in total. The van der Waals surface area contributed by atoms with Gasteiger partial charge in [0.1, 0.15) is 18.4 Å². The zero-order chi connectivity index (χ0) is 15.5. The second-order valence-corrected chi connectivity index (χ2v) is 5.98. The summed E-state index contributed by atoms with van der Waals surface area (Å²) in [5, 5.41) is 8.31. The van der Waals surface area contributed by atoms with Crippen molar-refractivity contribution in [3.63, 3.8) is 0 Å². The molecule has 0 saturated carbocycles. The fourth-order valence-corrected chi connectivity index (χ4v) is 2.93. The molecule has 116 valence electrons. The predicted octanol–water partition coefficient (Wildman–Crippen LogP) is 1.41. The molecule has 3 rings (SSSR count). The predicted molar refractivity (Wildman–Crippen MR) is 79.3 cm³/mol. The van der Waals surface area contributed by atoms with E-state index in [1.54, 1.807) is 24.3 Å². The molecule has 22 heavy (non-hydrogen) atoms. The van der Waals surface area contributed by atoms with Crippen LogP contribution < -0.4 is 5.32 Å². The number of hydrogen-bond donors (Lipinski definition) is 1. The first kappa shape index (κ1) is 14.7. The Morgan fingerprint density at radius 3 is 3.14 bits per heavy atom. The van der Waals surface area contributed by atoms with E-state index in [1.165, 1.54) is 4.90 Å². The third kappa shape index (κ3) is 3.18. The van der Waals surface area contributed by atoms with Gasteiger partial charge < -0.3 is 19.5 Å². The van der Waals surface area contributed by atoms with E-state index in [9.17, 15) is 9.59 Å². The number of morpholine rings is 1. The fourth-order valence-electron chi connectivity index (χ4n) is 2.23. The van der Waals surface area contributed by atoms with Gasteiger partial charge in [-0.15, -0.1) is 11.3 Å². The summed E-state index contributed by atoms with van der Waals surface area (Å²) in [6.45, 7) is 2.30. The minimum Gasteiger partial charge on any atom is -0.369 e. The summed E-state index contributed by atoms with van der Waals surface area (Å²) in [7, 11) is 0. The van der Waals surface area contributed by atoms with Crippen LogP contribution in [0.2, 0.25) is 0 Å². The van der Waals surface area contributed by atoms with Gasteiger partial charge in [0.2, 0.25) is 5.91 Å². The van der Waals surface area contributed by atoms with Crippen molar-refractivity contribution in [2.24, 2.45) is 0 Å². The summed E-state index contributed by atoms with van der Waals surface area (Å²) in [6.07, 6.45) is 0. The van der Waals surface area contributed by atoms with Crippen molar-refractivity contribution >= 4 is 29.0 Å². The Labute approximate surface area is 130 Å². The number of thiophene rings is 1. The number of nitrogens with one attached hydrogen (secondary N) is 1. The lowest BCUT2D eigenvalue weighted by molar-refractivity contribution is -0.153. The molecular weight excluding hydrogens is 306 g/mol. The maximum atomic E-state index is 12.4. The SMILES string of the molecule is Cc1cc(NC(=O)[C@@H]2COCC(=O)N2Cc2cccs2)no1. The molecule has 1 saturated heterocycles. The van der Waals surface area contributed by atoms with Crippen molar-refractivity contribution in [1.29, 1.82) is 0 Å². The first-order valence-corrected chi connectivity index (χ1v) is 7.65. The number of aromatic nitrogens is 1. The molecule has 0 unspecified atom stereocenters. The molecule has 2 aromatic rings. The van der Waals surface area contributed by atoms with Gasteiger partial charge in [-0.05, 0) is 18.4 Å². The molecule has 0 spiro atoms. The van der Waals surface area contributed by atoms with Gasteiger partial charge in [0, 0.05) is 10.9 Å². The Balaban J connectivity index is 1.73. The Morgan fingerprint density at radius 2 is 2.45 bits per heavy atom. The van der Waals surface area contributed by atoms with Crippen LogP contribution in [0.25, 0.3) is 0 Å². The lowest BCUT2D eigenvalue weighted by atomic mass is 10.2. The zero-order valence-corrected chi connectivity index (χ0v) is 12.8. The number of aryl methyl sites for hydroxylation is 1. The number of anilines is 1. The lowest BCUT2D eigenvalue weighted by Gasteiger charge is -2.33. The molecule has 0 aromatic carbocycles. The second kappa shape index (κ2) is 6.29. The van der Waals surface area contributed by atoms with Crippen molar-refractivity contribution < 1.29 is 18.8 Å². The van der Waals surface area contributed by atoms with Crippen LogP contribution in [0.4, 0.5) is 5.82 Å². The molecule has 2 amide bonds. The third-order valence-corrected chi connectivity index (χ3v) is 4.15. The molecule has 2 aromatic heterocycles. The van der Waals surface area contributed by atoms with Gasteiger partial charge in [-0.2, -0.15) is 0 Å². The topological polar surface area (TPSA) is 84.7 Å². The third-order valence-electron chi connectivity index (χ3n) is 3.29. The largest absolute Gasteiger partial charge is 0.369 e. The van der Waals surface area contributed by atoms with E-state index in [0.29, 0.717) is 18.1 Å². The van der Waals surface area contributed by atoms with Crippen LogP contribution in [-0.2, 0) is 20.9 Å². The van der Waals surface area contributed by atoms with Crippen LogP contribution in [0, 0.1) is 6.92 Å². The van der Waals surface area contributed by atoms with E-state index in [-0.39, 0.29) is 25.0 Å². The van der Waals surface area contributed by atoms with E-state index in [2.05, 4.69) is 10.5 Å². The van der Waals surface area contributed by atoms with Crippen LogP contribution in [-0.4, -0.2) is 41.1 Å². The van der Waals surface area contributed by atoms with Gasteiger partial charge >= 0.3 is 0 Å². The number of amides is 2. The highest BCUT2D eigenvalue weighted by atomic mass is 32.1. The Hall–Kier alpha value is -2.19. The Morgan fingerprint density at radius 1 is 1.59 bits per heavy atom. The molecule has 1 aliphatic rings. The summed E-state index contributed by atoms with van der Waals surface area (Å²) in [6, 6.07) is 4.79. The smallest absolute Gasteiger partial charge is 0.250 e. The molecule has 1 N–H and O–H groups in total. The van der Waals surface area contributed by atoms with Gasteiger partial charge in [-0.1, -0.05) is 11.2 Å². The van der Waals surface area contributed by atoms with E-state index in [1.807, 2.05) is 17.5 Å². The number of carbonyl (C=O) groups is 2. The van der Waals surface area contributed by atoms with Crippen molar-refractivity contribution in [2.45, 2.75) is 19.5 Å². The van der Waals surface area contributed by atoms with Crippen LogP contribution in [0.3, 0.4) is 0 Å². The molecule has 1 atom stereocenters. The molecule has 1 fully saturated rings. The molecule has 1 aliphatic heterocycles. The van der Waals surface area contributed by atoms with Crippen LogP contribution in [0.15, 0.2) is 28.1 Å². The monoisotopic (exact) mass is 321 g/mol. The highest BCUT2D eigenvalue weighted by molar-refractivity contribution is 7.09. The summed E-state index contributed by atoms with van der Waals surface area (Å²) in [4.78, 5) is 27.0. The average Bonchev–Trinajstić information content (AvgIpc) is 3.13. The summed E-state index contributed by atoms with van der Waals surface area (Å²) >= 11 is 1.55. The Kier molecular flexibility index (Phi) is 4.21. The summed E-state index contributed by atoms with van der Waals surface area (Å²) < 4.78 is 10.1. The number of rotatable bonds is 4. The molecule has 0 radical (unpaired) electrons. The maximum absolute atomic E-state index is 12.4. The fraction of sp³-hybridized carbons (Fsp3) is 0.357. The molecule has 0 bridgehead atoms. The highest BCUT2D eigenvalue weighted by Crippen LogP contribution is 2.18. The number of ether oxygens (including phenoxy) is 1. The van der Waals surface area contributed by atoms with Crippen molar-refractivity contribution in [2.75, 3.05) is 18.5 Å². The average molecular weight is 321 g/mol. The van der Waals surface area contributed by atoms with Crippen LogP contribution in [0.5, 0.6) is 0 Å². The minimum atomic E-state index is -0.680. The van der Waals surface area contributed by atoms with E-state index < -0.39 is 6.04 Å². The van der Waals surface area contributed by atoms with E-state index >= 15 is 0 Å². The first-order valence-electron chi connectivity index (χ1n) is 6.77. The van der Waals surface area contributed by atoms with Crippen LogP contribution >= 0.6 is 11.3 Å². The number of nitrogens with zero attached hydrogens (tertiary/aromatic N) is 2. The van der Waals surface area contributed by atoms with E-state index in [0.717, 1.165) is 4.88 Å². The zero-order valence-electron chi connectivity index (χ0n) is 11.9. The van der Waals surface area contributed by atoms with Crippen molar-refractivity contribution in [1.82, 2.24) is 10.1 Å². The molecular formula is C14H15N3O4S. The maximum Gasteiger partial charge on any atom is 0.250 e. The van der Waals surface area contributed by atoms with Gasteiger partial charge in [0.15, 0.2) is 5.82 Å². The Bertz CT molecular complexity index is 667. The summed E-state index contributed by atoms with van der Waals surface area (Å²) in [5.41, 5.74) is 0. The van der Waals surface area contributed by atoms with Gasteiger partial charge in [0.05, 0.1) is 13.2 Å². The van der Waals surface area contributed by atoms with E-state index in [4.69, 9.17) is 9.26 Å². The lowest BCUT2D eigenvalue weighted by Crippen LogP contribution is -2.54. The quantitative estimate of drug-likeness (QED) is 0.920. The molecule has 3 heterocycles. The second-order valence-electron chi connectivity index (χ2n) is 4.94. The van der Waals surface area contributed by atoms with Gasteiger partial charge in [-0.25, -0.2) is 0 Å².